The minimum absolute atomic E-state index is 0.0944. The topological polar surface area (TPSA) is 68.5 Å². The lowest BCUT2D eigenvalue weighted by Crippen LogP contribution is -2.11. The third-order valence-corrected chi connectivity index (χ3v) is 4.95. The second kappa shape index (κ2) is 5.58. The zero-order chi connectivity index (χ0) is 15.9. The molecule has 4 rings (SSSR count). The molecule has 0 aliphatic heterocycles. The highest BCUT2D eigenvalue weighted by molar-refractivity contribution is 7.10. The molecular weight excluding hydrogens is 332 g/mol. The van der Waals surface area contributed by atoms with Crippen molar-refractivity contribution < 1.29 is 0 Å². The van der Waals surface area contributed by atoms with Gasteiger partial charge in [0.25, 0.3) is 0 Å². The van der Waals surface area contributed by atoms with Gasteiger partial charge in [-0.2, -0.15) is 9.47 Å². The first-order chi connectivity index (χ1) is 11.1. The molecule has 0 unspecified atom stereocenters. The number of nitrogens with one attached hydrogen (secondary N) is 1. The highest BCUT2D eigenvalue weighted by atomic mass is 35.5. The molecule has 1 N–H and O–H groups in total. The molecular formula is C15H15ClN6S. The van der Waals surface area contributed by atoms with Crippen LogP contribution in [0.3, 0.4) is 0 Å². The van der Waals surface area contributed by atoms with Gasteiger partial charge in [-0.05, 0) is 42.9 Å². The number of hydrogen-bond acceptors (Lipinski definition) is 6. The van der Waals surface area contributed by atoms with Crippen molar-refractivity contribution in [1.29, 1.82) is 0 Å². The van der Waals surface area contributed by atoms with Crippen molar-refractivity contribution in [3.05, 3.63) is 36.4 Å². The van der Waals surface area contributed by atoms with Crippen molar-refractivity contribution in [1.82, 2.24) is 24.1 Å². The van der Waals surface area contributed by atoms with E-state index in [1.165, 1.54) is 11.5 Å². The Balaban J connectivity index is 1.60. The van der Waals surface area contributed by atoms with Gasteiger partial charge in [-0.25, -0.2) is 9.97 Å². The Morgan fingerprint density at radius 2 is 2.26 bits per heavy atom. The third kappa shape index (κ3) is 3.20. The van der Waals surface area contributed by atoms with Gasteiger partial charge in [0, 0.05) is 24.2 Å². The monoisotopic (exact) mass is 346 g/mol. The summed E-state index contributed by atoms with van der Waals surface area (Å²) in [6.45, 7) is 2.73. The van der Waals surface area contributed by atoms with Crippen LogP contribution in [0.4, 0.5) is 10.9 Å². The van der Waals surface area contributed by atoms with Crippen molar-refractivity contribution in [3.63, 3.8) is 0 Å². The molecule has 0 aromatic carbocycles. The van der Waals surface area contributed by atoms with Crippen LogP contribution in [0.2, 0.25) is 0 Å². The molecule has 1 aliphatic rings. The van der Waals surface area contributed by atoms with Crippen molar-refractivity contribution in [2.24, 2.45) is 0 Å². The fourth-order valence-electron chi connectivity index (χ4n) is 2.34. The number of aromatic nitrogens is 5. The molecule has 0 saturated heterocycles. The maximum absolute atomic E-state index is 6.37. The van der Waals surface area contributed by atoms with E-state index in [1.807, 2.05) is 36.3 Å². The lowest BCUT2D eigenvalue weighted by atomic mass is 10.1. The lowest BCUT2D eigenvalue weighted by Gasteiger charge is -2.07. The SMILES string of the molecule is Cc1cnc(Nc2ccns2)nc1-c1cnn(CC2(Cl)CC2)c1. The van der Waals surface area contributed by atoms with Crippen LogP contribution in [0.15, 0.2) is 30.9 Å². The highest BCUT2D eigenvalue weighted by Gasteiger charge is 2.41. The first-order valence-corrected chi connectivity index (χ1v) is 8.50. The Morgan fingerprint density at radius 1 is 1.39 bits per heavy atom. The molecule has 1 saturated carbocycles. The normalized spacial score (nSPS) is 15.6. The van der Waals surface area contributed by atoms with E-state index in [4.69, 9.17) is 11.6 Å². The second-order valence-corrected chi connectivity index (χ2v) is 7.44. The molecule has 1 fully saturated rings. The lowest BCUT2D eigenvalue weighted by molar-refractivity contribution is 0.583. The van der Waals surface area contributed by atoms with Crippen molar-refractivity contribution in [2.45, 2.75) is 31.2 Å². The zero-order valence-electron chi connectivity index (χ0n) is 12.5. The van der Waals surface area contributed by atoms with Gasteiger partial charge in [0.2, 0.25) is 5.95 Å². The number of hydrogen-bond donors (Lipinski definition) is 1. The number of nitrogens with zero attached hydrogens (tertiary/aromatic N) is 5. The summed E-state index contributed by atoms with van der Waals surface area (Å²) < 4.78 is 5.95. The molecule has 118 valence electrons. The van der Waals surface area contributed by atoms with Crippen molar-refractivity contribution >= 4 is 34.1 Å². The van der Waals surface area contributed by atoms with E-state index >= 15 is 0 Å². The Morgan fingerprint density at radius 3 is 3.00 bits per heavy atom. The van der Waals surface area contributed by atoms with Crippen molar-refractivity contribution in [2.75, 3.05) is 5.32 Å². The van der Waals surface area contributed by atoms with Gasteiger partial charge in [0.05, 0.1) is 23.3 Å². The fourth-order valence-corrected chi connectivity index (χ4v) is 3.05. The molecule has 3 aromatic heterocycles. The van der Waals surface area contributed by atoms with E-state index in [1.54, 1.807) is 6.20 Å². The van der Waals surface area contributed by atoms with Crippen LogP contribution < -0.4 is 5.32 Å². The van der Waals surface area contributed by atoms with Gasteiger partial charge >= 0.3 is 0 Å². The molecule has 1 aliphatic carbocycles. The summed E-state index contributed by atoms with van der Waals surface area (Å²) >= 11 is 7.74. The van der Waals surface area contributed by atoms with Gasteiger partial charge in [-0.3, -0.25) is 4.68 Å². The molecule has 0 spiro atoms. The molecule has 0 radical (unpaired) electrons. The molecule has 0 atom stereocenters. The van der Waals surface area contributed by atoms with E-state index in [-0.39, 0.29) is 4.87 Å². The Bertz CT molecular complexity index is 824. The second-order valence-electron chi connectivity index (χ2n) is 5.80. The minimum atomic E-state index is -0.0944. The first kappa shape index (κ1) is 14.6. The fraction of sp³-hybridized carbons (Fsp3) is 0.333. The summed E-state index contributed by atoms with van der Waals surface area (Å²) in [5, 5.41) is 8.48. The summed E-state index contributed by atoms with van der Waals surface area (Å²) in [7, 11) is 0. The molecule has 0 amide bonds. The molecule has 3 aromatic rings. The molecule has 23 heavy (non-hydrogen) atoms. The van der Waals surface area contributed by atoms with E-state index in [2.05, 4.69) is 24.8 Å². The summed E-state index contributed by atoms with van der Waals surface area (Å²) in [5.41, 5.74) is 2.85. The van der Waals surface area contributed by atoms with Gasteiger partial charge in [-0.1, -0.05) is 0 Å². The van der Waals surface area contributed by atoms with Gasteiger partial charge in [-0.15, -0.1) is 11.6 Å². The highest BCUT2D eigenvalue weighted by Crippen LogP contribution is 2.43. The predicted molar refractivity (Wildman–Crippen MR) is 91.2 cm³/mol. The van der Waals surface area contributed by atoms with E-state index < -0.39 is 0 Å². The summed E-state index contributed by atoms with van der Waals surface area (Å²) in [4.78, 5) is 8.84. The average molecular weight is 347 g/mol. The minimum Gasteiger partial charge on any atom is -0.314 e. The quantitative estimate of drug-likeness (QED) is 0.714. The molecule has 8 heteroatoms. The van der Waals surface area contributed by atoms with Crippen molar-refractivity contribution in [3.8, 4) is 11.3 Å². The first-order valence-electron chi connectivity index (χ1n) is 7.34. The van der Waals surface area contributed by atoms with E-state index in [9.17, 15) is 0 Å². The Kier molecular flexibility index (Phi) is 3.54. The summed E-state index contributed by atoms with van der Waals surface area (Å²) in [6, 6.07) is 1.89. The van der Waals surface area contributed by atoms with Gasteiger partial charge in [0.15, 0.2) is 0 Å². The number of anilines is 2. The van der Waals surface area contributed by atoms with Crippen LogP contribution in [0.1, 0.15) is 18.4 Å². The van der Waals surface area contributed by atoms with Crippen LogP contribution in [-0.2, 0) is 6.54 Å². The molecule has 3 heterocycles. The molecule has 6 nitrogen and oxygen atoms in total. The number of aryl methyl sites for hydroxylation is 1. The predicted octanol–water partition coefficient (Wildman–Crippen LogP) is 3.62. The smallest absolute Gasteiger partial charge is 0.228 e. The van der Waals surface area contributed by atoms with Crippen LogP contribution in [0, 0.1) is 6.92 Å². The maximum Gasteiger partial charge on any atom is 0.228 e. The third-order valence-electron chi connectivity index (χ3n) is 3.79. The van der Waals surface area contributed by atoms with E-state index in [0.717, 1.165) is 41.2 Å². The number of halogens is 1. The van der Waals surface area contributed by atoms with Crippen LogP contribution in [0.5, 0.6) is 0 Å². The largest absolute Gasteiger partial charge is 0.314 e. The van der Waals surface area contributed by atoms with E-state index in [0.29, 0.717) is 5.95 Å². The zero-order valence-corrected chi connectivity index (χ0v) is 14.1. The summed E-state index contributed by atoms with van der Waals surface area (Å²) in [6.07, 6.45) is 9.49. The van der Waals surface area contributed by atoms with Crippen LogP contribution in [-0.4, -0.2) is 29.0 Å². The maximum atomic E-state index is 6.37. The summed E-state index contributed by atoms with van der Waals surface area (Å²) in [5.74, 6) is 0.554. The van der Waals surface area contributed by atoms with Crippen LogP contribution >= 0.6 is 23.1 Å². The van der Waals surface area contributed by atoms with Gasteiger partial charge in [0.1, 0.15) is 5.00 Å². The Labute approximate surface area is 142 Å². The van der Waals surface area contributed by atoms with Gasteiger partial charge < -0.3 is 5.32 Å². The Hall–Kier alpha value is -1.99. The average Bonchev–Trinajstić information content (AvgIpc) is 2.96. The number of alkyl halides is 1. The van der Waals surface area contributed by atoms with Crippen LogP contribution in [0.25, 0.3) is 11.3 Å². The molecule has 0 bridgehead atoms. The standard InChI is InChI=1S/C15H15ClN6S/c1-10-6-17-14(20-12-2-5-19-23-12)21-13(10)11-7-18-22(8-11)9-15(16)3-4-15/h2,5-8H,3-4,9H2,1H3,(H,17,20,21). The number of rotatable bonds is 5.